The molecule has 2 heterocycles. The Bertz CT molecular complexity index is 577. The first-order valence-electron chi connectivity index (χ1n) is 6.23. The summed E-state index contributed by atoms with van der Waals surface area (Å²) < 4.78 is 0. The second-order valence-corrected chi connectivity index (χ2v) is 4.37. The second kappa shape index (κ2) is 13.8. The van der Waals surface area contributed by atoms with Gasteiger partial charge in [0, 0.05) is 0 Å². The van der Waals surface area contributed by atoms with Crippen LogP contribution in [0.1, 0.15) is 13.8 Å². The van der Waals surface area contributed by atoms with Crippen molar-refractivity contribution in [3.63, 3.8) is 0 Å². The van der Waals surface area contributed by atoms with E-state index in [4.69, 9.17) is 5.26 Å². The first-order chi connectivity index (χ1) is 10.2. The van der Waals surface area contributed by atoms with Crippen molar-refractivity contribution in [3.05, 3.63) is 72.6 Å². The van der Waals surface area contributed by atoms with Gasteiger partial charge in [-0.1, -0.05) is 36.4 Å². The van der Waals surface area contributed by atoms with Crippen molar-refractivity contribution in [2.24, 2.45) is 0 Å². The van der Waals surface area contributed by atoms with Gasteiger partial charge in [-0.15, -0.1) is 11.4 Å². The van der Waals surface area contributed by atoms with Crippen LogP contribution in [0.3, 0.4) is 0 Å². The number of allylic oxidation sites excluding steroid dienone is 2. The molecule has 0 aliphatic carbocycles. The van der Waals surface area contributed by atoms with E-state index in [-0.39, 0.29) is 21.0 Å². The Morgan fingerprint density at radius 3 is 1.61 bits per heavy atom. The predicted molar refractivity (Wildman–Crippen MR) is 105 cm³/mol. The average molecular weight is 608 g/mol. The fourth-order valence-electron chi connectivity index (χ4n) is 1.68. The van der Waals surface area contributed by atoms with Crippen molar-refractivity contribution < 1.29 is 26.3 Å². The summed E-state index contributed by atoms with van der Waals surface area (Å²) in [5.74, 6) is 0. The Morgan fingerprint density at radius 2 is 1.30 bits per heavy atom. The molecule has 1 aromatic carbocycles. The monoisotopic (exact) mass is 608 g/mol. The molecule has 0 fully saturated rings. The number of halogens is 1. The molecular weight excluding hydrogens is 586 g/mol. The van der Waals surface area contributed by atoms with Crippen LogP contribution in [-0.4, -0.2) is 11.4 Å². The van der Waals surface area contributed by atoms with Gasteiger partial charge in [0.2, 0.25) is 0 Å². The Morgan fingerprint density at radius 1 is 0.957 bits per heavy atom. The molecule has 0 aromatic heterocycles. The van der Waals surface area contributed by atoms with Crippen LogP contribution in [0.4, 0.5) is 11.4 Å². The molecule has 2 aliphatic heterocycles. The maximum absolute atomic E-state index is 7.64. The SMILES string of the molecule is C1=C[N-]c2c3c(ccc2=C1)=CC=C[N-]3.CC(C)OO.[CH3-].[CH3-].[I][Pt]. The van der Waals surface area contributed by atoms with Crippen LogP contribution in [0.2, 0.25) is 0 Å². The molecule has 0 saturated heterocycles. The Balaban J connectivity index is 0. The van der Waals surface area contributed by atoms with Crippen molar-refractivity contribution in [2.45, 2.75) is 20.0 Å². The molecule has 0 unspecified atom stereocenters. The van der Waals surface area contributed by atoms with E-state index >= 15 is 0 Å². The van der Waals surface area contributed by atoms with Crippen LogP contribution in [0.5, 0.6) is 0 Å². The fourth-order valence-corrected chi connectivity index (χ4v) is 1.68. The van der Waals surface area contributed by atoms with Gasteiger partial charge in [-0.25, -0.2) is 4.89 Å². The molecule has 0 atom stereocenters. The summed E-state index contributed by atoms with van der Waals surface area (Å²) in [6.45, 7) is 3.50. The van der Waals surface area contributed by atoms with E-state index in [1.807, 2.05) is 12.2 Å². The second-order valence-electron chi connectivity index (χ2n) is 4.37. The third kappa shape index (κ3) is 7.66. The first-order valence-corrected chi connectivity index (χ1v) is 12.7. The quantitative estimate of drug-likeness (QED) is 0.212. The van der Waals surface area contributed by atoms with E-state index in [1.165, 1.54) is 0 Å². The standard InChI is InChI=1S/C12H8N2.C3H8O2.2CH3.HI.Pt/c1-3-9-5-6-10-4-2-8-14-12(10)11(9)13-7-1;1-3(2)5-4;;;;/h1-8H;3-4H,1-2H3;2*1H3;1H;/q-2;;2*-1;;+1/p-1. The molecule has 6 heteroatoms. The third-order valence-corrected chi connectivity index (χ3v) is 2.56. The number of fused-ring (bicyclic) bond motifs is 3. The van der Waals surface area contributed by atoms with E-state index < -0.39 is 0 Å². The Kier molecular flexibility index (Phi) is 14.8. The first kappa shape index (κ1) is 24.6. The minimum atomic E-state index is -0.0602. The zero-order valence-corrected chi connectivity index (χ0v) is 18.1. The van der Waals surface area contributed by atoms with Crippen molar-refractivity contribution in [3.8, 4) is 0 Å². The van der Waals surface area contributed by atoms with Crippen LogP contribution in [0.15, 0.2) is 36.7 Å². The van der Waals surface area contributed by atoms with E-state index in [9.17, 15) is 0 Å². The molecular formula is C17H22IN2O2Pt-4. The van der Waals surface area contributed by atoms with Crippen molar-refractivity contribution >= 4 is 42.9 Å². The van der Waals surface area contributed by atoms with E-state index in [2.05, 4.69) is 75.3 Å². The van der Waals surface area contributed by atoms with Crippen molar-refractivity contribution in [1.82, 2.24) is 0 Å². The molecule has 0 spiro atoms. The van der Waals surface area contributed by atoms with Gasteiger partial charge in [0.25, 0.3) is 0 Å². The summed E-state index contributed by atoms with van der Waals surface area (Å²) in [4.78, 5) is 3.75. The fraction of sp³-hybridized carbons (Fsp3) is 0.176. The summed E-state index contributed by atoms with van der Waals surface area (Å²) in [5.41, 5.74) is 1.95. The topological polar surface area (TPSA) is 57.7 Å². The predicted octanol–water partition coefficient (Wildman–Crippen LogP) is 4.98. The van der Waals surface area contributed by atoms with Gasteiger partial charge >= 0.3 is 35.5 Å². The van der Waals surface area contributed by atoms with Crippen LogP contribution < -0.4 is 10.4 Å². The molecule has 133 valence electrons. The minimum absolute atomic E-state index is 0. The normalized spacial score (nSPS) is 11.8. The van der Waals surface area contributed by atoms with Gasteiger partial charge in [-0.05, 0) is 24.3 Å². The van der Waals surface area contributed by atoms with Crippen LogP contribution in [0, 0.1) is 14.9 Å². The maximum atomic E-state index is 7.64. The van der Waals surface area contributed by atoms with E-state index in [0.29, 0.717) is 0 Å². The van der Waals surface area contributed by atoms with Gasteiger partial charge in [0.1, 0.15) is 0 Å². The molecule has 1 N–H and O–H groups in total. The summed E-state index contributed by atoms with van der Waals surface area (Å²) >= 11 is 4.23. The summed E-state index contributed by atoms with van der Waals surface area (Å²) in [5, 5.41) is 18.6. The number of benzene rings is 1. The van der Waals surface area contributed by atoms with Crippen molar-refractivity contribution in [1.29, 1.82) is 0 Å². The Labute approximate surface area is 161 Å². The molecule has 3 rings (SSSR count). The molecule has 2 aliphatic rings. The van der Waals surface area contributed by atoms with Crippen LogP contribution in [-0.2, 0) is 21.0 Å². The molecule has 0 saturated carbocycles. The van der Waals surface area contributed by atoms with Gasteiger partial charge in [0.15, 0.2) is 0 Å². The third-order valence-electron chi connectivity index (χ3n) is 2.56. The summed E-state index contributed by atoms with van der Waals surface area (Å²) in [7, 11) is 0. The van der Waals surface area contributed by atoms with Gasteiger partial charge in [-0.2, -0.15) is 12.4 Å². The van der Waals surface area contributed by atoms with Gasteiger partial charge in [-0.3, -0.25) is 5.26 Å². The zero-order chi connectivity index (χ0) is 15.7. The number of nitrogens with zero attached hydrogens (tertiary/aromatic N) is 2. The average Bonchev–Trinajstić information content (AvgIpc) is 2.57. The van der Waals surface area contributed by atoms with E-state index in [0.717, 1.165) is 21.8 Å². The number of hydrogen-bond donors (Lipinski definition) is 1. The van der Waals surface area contributed by atoms with Crippen LogP contribution in [0.25, 0.3) is 22.8 Å². The summed E-state index contributed by atoms with van der Waals surface area (Å²) in [6, 6.07) is 4.15. The molecule has 4 nitrogen and oxygen atoms in total. The van der Waals surface area contributed by atoms with Gasteiger partial charge in [0.05, 0.1) is 6.10 Å². The molecule has 0 amide bonds. The molecule has 1 aromatic rings. The molecule has 23 heavy (non-hydrogen) atoms. The number of hydrogen-bond acceptors (Lipinski definition) is 2. The molecule has 0 bridgehead atoms. The van der Waals surface area contributed by atoms with Crippen LogP contribution >= 0.6 is 19.4 Å². The van der Waals surface area contributed by atoms with E-state index in [1.54, 1.807) is 26.2 Å². The summed E-state index contributed by atoms with van der Waals surface area (Å²) in [6.07, 6.45) is 11.5. The molecule has 0 radical (unpaired) electrons. The van der Waals surface area contributed by atoms with Gasteiger partial charge < -0.3 is 25.5 Å². The zero-order valence-electron chi connectivity index (χ0n) is 13.6. The van der Waals surface area contributed by atoms with Crippen molar-refractivity contribution in [2.75, 3.05) is 0 Å². The number of rotatable bonds is 1. The Hall–Kier alpha value is -0.622.